The molecule has 0 amide bonds. The second kappa shape index (κ2) is 7.30. The van der Waals surface area contributed by atoms with E-state index in [-0.39, 0.29) is 26.2 Å². The van der Waals surface area contributed by atoms with E-state index in [4.69, 9.17) is 0 Å². The number of thiophene rings is 1. The van der Waals surface area contributed by atoms with Gasteiger partial charge in [-0.25, -0.2) is 18.6 Å². The molecule has 0 bridgehead atoms. The van der Waals surface area contributed by atoms with E-state index in [0.717, 1.165) is 12.3 Å². The van der Waals surface area contributed by atoms with Crippen LogP contribution in [0.1, 0.15) is 17.6 Å². The third-order valence-electron chi connectivity index (χ3n) is 4.16. The Kier molecular flexibility index (Phi) is 5.30. The number of fused-ring (bicyclic) bond motifs is 1. The molecule has 0 aliphatic heterocycles. The molecule has 156 valence electrons. The molecule has 0 aliphatic rings. The molecular weight excluding hydrogens is 428 g/mol. The number of hydrogen-bond acceptors (Lipinski definition) is 5. The molecule has 0 spiro atoms. The minimum atomic E-state index is -5.01. The van der Waals surface area contributed by atoms with Gasteiger partial charge < -0.3 is 5.11 Å². The molecule has 13 heteroatoms. The first kappa shape index (κ1) is 21.0. The molecule has 0 aliphatic carbocycles. The molecule has 0 saturated carbocycles. The first-order chi connectivity index (χ1) is 13.4. The van der Waals surface area contributed by atoms with Crippen LogP contribution in [0.4, 0.5) is 26.3 Å². The summed E-state index contributed by atoms with van der Waals surface area (Å²) >= 11 is 0.668. The summed E-state index contributed by atoms with van der Waals surface area (Å²) in [7, 11) is 0. The quantitative estimate of drug-likeness (QED) is 0.483. The number of aliphatic hydroxyl groups excluding tert-OH is 1. The van der Waals surface area contributed by atoms with E-state index in [1.54, 1.807) is 0 Å². The number of alkyl halides is 5. The number of aliphatic hydroxyl groups is 1. The van der Waals surface area contributed by atoms with Crippen molar-refractivity contribution in [3.8, 4) is 10.4 Å². The topological polar surface area (TPSA) is 88.0 Å². The molecule has 0 fully saturated rings. The number of nitrogens with one attached hydrogen (secondary N) is 1. The number of aromatic nitrogens is 3. The Morgan fingerprint density at radius 2 is 1.97 bits per heavy atom. The predicted molar refractivity (Wildman–Crippen MR) is 91.7 cm³/mol. The lowest BCUT2D eigenvalue weighted by Crippen LogP contribution is -2.38. The van der Waals surface area contributed by atoms with Gasteiger partial charge in [-0.15, -0.1) is 11.3 Å². The van der Waals surface area contributed by atoms with Crippen LogP contribution in [0.15, 0.2) is 21.9 Å². The zero-order chi connectivity index (χ0) is 21.7. The first-order valence-corrected chi connectivity index (χ1v) is 8.68. The standard InChI is InChI=1S/C16H11F6N3O3S/c1-5-9-13(27)24-15(28)25(4-8(26)16(20,21)22)14(9)29-10(5)6-2-7(11(17)18)12(19)23-3-6/h2-3,8,11,26H,4H2,1H3,(H,24,27,28)/t8-/m1/s1. The number of aryl methyl sites for hydroxylation is 1. The number of pyridine rings is 1. The summed E-state index contributed by atoms with van der Waals surface area (Å²) in [6.07, 6.45) is -10.1. The second-order valence-electron chi connectivity index (χ2n) is 6.07. The predicted octanol–water partition coefficient (Wildman–Crippen LogP) is 3.12. The Bertz CT molecular complexity index is 1200. The van der Waals surface area contributed by atoms with Crippen LogP contribution in [0.2, 0.25) is 0 Å². The average Bonchev–Trinajstić information content (AvgIpc) is 2.95. The summed E-state index contributed by atoms with van der Waals surface area (Å²) in [5.74, 6) is -1.38. The fourth-order valence-electron chi connectivity index (χ4n) is 2.73. The summed E-state index contributed by atoms with van der Waals surface area (Å²) < 4.78 is 78.0. The molecule has 0 radical (unpaired) electrons. The molecule has 0 aromatic carbocycles. The lowest BCUT2D eigenvalue weighted by atomic mass is 10.1. The van der Waals surface area contributed by atoms with Gasteiger partial charge in [0.15, 0.2) is 6.10 Å². The number of hydrogen-bond donors (Lipinski definition) is 2. The highest BCUT2D eigenvalue weighted by Crippen LogP contribution is 2.37. The van der Waals surface area contributed by atoms with Crippen molar-refractivity contribution in [1.82, 2.24) is 14.5 Å². The molecule has 6 nitrogen and oxygen atoms in total. The Hall–Kier alpha value is -2.67. The van der Waals surface area contributed by atoms with E-state index in [9.17, 15) is 41.0 Å². The molecule has 3 aromatic heterocycles. The molecule has 2 N–H and O–H groups in total. The summed E-state index contributed by atoms with van der Waals surface area (Å²) in [6.45, 7) is 0.211. The van der Waals surface area contributed by atoms with Gasteiger partial charge in [-0.05, 0) is 18.6 Å². The van der Waals surface area contributed by atoms with Crippen molar-refractivity contribution < 1.29 is 31.4 Å². The second-order valence-corrected chi connectivity index (χ2v) is 7.07. The van der Waals surface area contributed by atoms with Crippen molar-refractivity contribution in [2.45, 2.75) is 32.2 Å². The van der Waals surface area contributed by atoms with Gasteiger partial charge in [0.25, 0.3) is 12.0 Å². The number of H-pyrrole nitrogens is 1. The zero-order valence-corrected chi connectivity index (χ0v) is 15.2. The summed E-state index contributed by atoms with van der Waals surface area (Å²) in [6, 6.07) is 0.811. The largest absolute Gasteiger partial charge is 0.416 e. The normalized spacial score (nSPS) is 13.4. The maximum atomic E-state index is 13.5. The molecule has 0 saturated heterocycles. The third-order valence-corrected chi connectivity index (χ3v) is 5.53. The number of nitrogens with zero attached hydrogens (tertiary/aromatic N) is 2. The van der Waals surface area contributed by atoms with Gasteiger partial charge in [0.1, 0.15) is 4.83 Å². The molecule has 3 rings (SSSR count). The fraction of sp³-hybridized carbons (Fsp3) is 0.312. The molecular formula is C16H11F6N3O3S. The third kappa shape index (κ3) is 3.79. The van der Waals surface area contributed by atoms with Crippen LogP contribution >= 0.6 is 11.3 Å². The Balaban J connectivity index is 2.25. The number of aromatic amines is 1. The van der Waals surface area contributed by atoms with E-state index in [1.807, 2.05) is 4.98 Å². The first-order valence-electron chi connectivity index (χ1n) is 7.86. The van der Waals surface area contributed by atoms with Crippen molar-refractivity contribution >= 4 is 21.6 Å². The minimum absolute atomic E-state index is 0.00447. The maximum Gasteiger partial charge on any atom is 0.416 e. The van der Waals surface area contributed by atoms with Gasteiger partial charge in [0.2, 0.25) is 5.95 Å². The van der Waals surface area contributed by atoms with Crippen molar-refractivity contribution in [3.05, 3.63) is 50.2 Å². The Morgan fingerprint density at radius 1 is 1.31 bits per heavy atom. The zero-order valence-electron chi connectivity index (χ0n) is 14.4. The van der Waals surface area contributed by atoms with E-state index in [1.165, 1.54) is 6.92 Å². The van der Waals surface area contributed by atoms with Crippen molar-refractivity contribution in [1.29, 1.82) is 0 Å². The highest BCUT2D eigenvalue weighted by molar-refractivity contribution is 7.22. The lowest BCUT2D eigenvalue weighted by molar-refractivity contribution is -0.207. The van der Waals surface area contributed by atoms with Gasteiger partial charge in [-0.3, -0.25) is 14.3 Å². The van der Waals surface area contributed by atoms with Crippen LogP contribution in [0.5, 0.6) is 0 Å². The highest BCUT2D eigenvalue weighted by atomic mass is 32.1. The SMILES string of the molecule is Cc1c(-c2cnc(F)c(C(F)F)c2)sc2c1c(=O)[nH]c(=O)n2C[C@@H](O)C(F)(F)F. The van der Waals surface area contributed by atoms with Crippen LogP contribution in [-0.2, 0) is 6.54 Å². The van der Waals surface area contributed by atoms with Crippen molar-refractivity contribution in [2.24, 2.45) is 0 Å². The van der Waals surface area contributed by atoms with Crippen molar-refractivity contribution in [3.63, 3.8) is 0 Å². The van der Waals surface area contributed by atoms with Crippen molar-refractivity contribution in [2.75, 3.05) is 0 Å². The van der Waals surface area contributed by atoms with Crippen LogP contribution < -0.4 is 11.2 Å². The summed E-state index contributed by atoms with van der Waals surface area (Å²) in [5.41, 5.74) is -2.89. The molecule has 1 atom stereocenters. The van der Waals surface area contributed by atoms with E-state index in [0.29, 0.717) is 15.9 Å². The van der Waals surface area contributed by atoms with Crippen LogP contribution in [0.25, 0.3) is 20.7 Å². The van der Waals surface area contributed by atoms with Gasteiger partial charge in [-0.1, -0.05) is 0 Å². The monoisotopic (exact) mass is 439 g/mol. The molecule has 0 unspecified atom stereocenters. The lowest BCUT2D eigenvalue weighted by Gasteiger charge is -2.15. The van der Waals surface area contributed by atoms with Gasteiger partial charge in [0.05, 0.1) is 17.5 Å². The Morgan fingerprint density at radius 3 is 2.55 bits per heavy atom. The minimum Gasteiger partial charge on any atom is -0.382 e. The van der Waals surface area contributed by atoms with Gasteiger partial charge in [-0.2, -0.15) is 17.6 Å². The van der Waals surface area contributed by atoms with Crippen LogP contribution in [0, 0.1) is 12.9 Å². The molecule has 3 aromatic rings. The van der Waals surface area contributed by atoms with Gasteiger partial charge >= 0.3 is 11.9 Å². The highest BCUT2D eigenvalue weighted by Gasteiger charge is 2.39. The maximum absolute atomic E-state index is 13.5. The van der Waals surface area contributed by atoms with E-state index < -0.39 is 48.0 Å². The molecule has 3 heterocycles. The smallest absolute Gasteiger partial charge is 0.382 e. The molecule has 29 heavy (non-hydrogen) atoms. The number of rotatable bonds is 4. The summed E-state index contributed by atoms with van der Waals surface area (Å²) in [5, 5.41) is 9.16. The summed E-state index contributed by atoms with van der Waals surface area (Å²) in [4.78, 5) is 29.3. The Labute approximate surface area is 161 Å². The van der Waals surface area contributed by atoms with Crippen LogP contribution in [-0.4, -0.2) is 31.9 Å². The number of halogens is 6. The van der Waals surface area contributed by atoms with Crippen LogP contribution in [0.3, 0.4) is 0 Å². The average molecular weight is 439 g/mol. The fourth-order valence-corrected chi connectivity index (χ4v) is 4.03. The van der Waals surface area contributed by atoms with E-state index >= 15 is 0 Å². The van der Waals surface area contributed by atoms with Gasteiger partial charge in [0, 0.05) is 16.6 Å². The van der Waals surface area contributed by atoms with E-state index in [2.05, 4.69) is 4.98 Å².